The first kappa shape index (κ1) is 34.1. The number of carboxylic acids is 1. The predicted molar refractivity (Wildman–Crippen MR) is 127 cm³/mol. The molecule has 16 heteroatoms. The molecule has 1 aromatic heterocycles. The molecule has 0 aromatic carbocycles. The average molecular weight is 589 g/mol. The molecular weight excluding hydrogens is 558 g/mol. The number of thioether (sulfide) groups is 1. The van der Waals surface area contributed by atoms with Gasteiger partial charge in [-0.25, -0.2) is 0 Å². The van der Waals surface area contributed by atoms with E-state index in [0.29, 0.717) is 18.5 Å². The Kier molecular flexibility index (Phi) is 14.8. The fourth-order valence-corrected chi connectivity index (χ4v) is 4.30. The number of amides is 2. The maximum absolute atomic E-state index is 12.7. The SMILES string of the molecule is O=C(N[C@@H](CCCSCC(=O)C(F)(F)F)C(=O)NCC[NH+]1CCCCC1)c1cccnc1.O=C([O-])C(F)(F)F. The maximum atomic E-state index is 12.7. The Morgan fingerprint density at radius 2 is 1.69 bits per heavy atom. The van der Waals surface area contributed by atoms with Crippen LogP contribution in [0.25, 0.3) is 0 Å². The third-order valence-electron chi connectivity index (χ3n) is 5.45. The molecule has 0 bridgehead atoms. The van der Waals surface area contributed by atoms with E-state index in [9.17, 15) is 40.7 Å². The van der Waals surface area contributed by atoms with Gasteiger partial charge in [0.05, 0.1) is 37.5 Å². The number of quaternary nitrogens is 1. The number of aromatic nitrogens is 1. The summed E-state index contributed by atoms with van der Waals surface area (Å²) in [4.78, 5) is 50.2. The van der Waals surface area contributed by atoms with Crippen molar-refractivity contribution in [2.75, 3.05) is 37.7 Å². The summed E-state index contributed by atoms with van der Waals surface area (Å²) >= 11 is 0.867. The van der Waals surface area contributed by atoms with Crippen LogP contribution in [0, 0.1) is 0 Å². The van der Waals surface area contributed by atoms with Crippen molar-refractivity contribution in [1.29, 1.82) is 0 Å². The van der Waals surface area contributed by atoms with Gasteiger partial charge in [-0.2, -0.15) is 38.1 Å². The van der Waals surface area contributed by atoms with Crippen LogP contribution in [0.1, 0.15) is 42.5 Å². The van der Waals surface area contributed by atoms with Gasteiger partial charge in [0.1, 0.15) is 12.0 Å². The summed E-state index contributed by atoms with van der Waals surface area (Å²) in [5.41, 5.74) is 0.313. The summed E-state index contributed by atoms with van der Waals surface area (Å²) in [7, 11) is 0. The fraction of sp³-hybridized carbons (Fsp3) is 0.609. The van der Waals surface area contributed by atoms with Crippen molar-refractivity contribution in [1.82, 2.24) is 15.6 Å². The van der Waals surface area contributed by atoms with Gasteiger partial charge in [0, 0.05) is 12.4 Å². The van der Waals surface area contributed by atoms with E-state index in [4.69, 9.17) is 9.90 Å². The van der Waals surface area contributed by atoms with Crippen LogP contribution >= 0.6 is 11.8 Å². The number of pyridine rings is 1. The molecule has 1 aromatic rings. The number of nitrogens with zero attached hydrogens (tertiary/aromatic N) is 1. The molecule has 3 N–H and O–H groups in total. The summed E-state index contributed by atoms with van der Waals surface area (Å²) in [6.45, 7) is 3.47. The highest BCUT2D eigenvalue weighted by atomic mass is 32.2. The highest BCUT2D eigenvalue weighted by molar-refractivity contribution is 7.99. The number of carboxylic acid groups (broad SMARTS) is 1. The van der Waals surface area contributed by atoms with Crippen LogP contribution in [0.5, 0.6) is 0 Å². The first-order chi connectivity index (χ1) is 18.2. The van der Waals surface area contributed by atoms with Gasteiger partial charge in [-0.15, -0.1) is 0 Å². The number of rotatable bonds is 12. The average Bonchev–Trinajstić information content (AvgIpc) is 2.87. The molecule has 0 spiro atoms. The van der Waals surface area contributed by atoms with Crippen LogP contribution in [0.2, 0.25) is 0 Å². The van der Waals surface area contributed by atoms with Crippen LogP contribution in [0.4, 0.5) is 26.3 Å². The van der Waals surface area contributed by atoms with E-state index in [1.54, 1.807) is 12.1 Å². The molecule has 39 heavy (non-hydrogen) atoms. The van der Waals surface area contributed by atoms with Crippen LogP contribution < -0.4 is 20.6 Å². The largest absolute Gasteiger partial charge is 0.542 e. The Morgan fingerprint density at radius 1 is 1.05 bits per heavy atom. The number of carbonyl (C=O) groups is 4. The number of alkyl halides is 6. The minimum Gasteiger partial charge on any atom is -0.542 e. The number of hydrogen-bond donors (Lipinski definition) is 3. The smallest absolute Gasteiger partial charge is 0.450 e. The van der Waals surface area contributed by atoms with Crippen molar-refractivity contribution < 1.29 is 55.5 Å². The van der Waals surface area contributed by atoms with Gasteiger partial charge in [-0.3, -0.25) is 19.4 Å². The highest BCUT2D eigenvalue weighted by Crippen LogP contribution is 2.19. The monoisotopic (exact) mass is 588 g/mol. The zero-order valence-corrected chi connectivity index (χ0v) is 21.6. The quantitative estimate of drug-likeness (QED) is 0.237. The molecule has 220 valence electrons. The minimum atomic E-state index is -5.19. The third kappa shape index (κ3) is 14.7. The predicted octanol–water partition coefficient (Wildman–Crippen LogP) is 0.308. The van der Waals surface area contributed by atoms with E-state index in [0.717, 1.165) is 31.4 Å². The van der Waals surface area contributed by atoms with Gasteiger partial charge >= 0.3 is 12.4 Å². The standard InChI is InChI=1S/C21H29F3N4O3S.C2HF3O2/c22-21(23,24)18(29)15-32-13-5-7-17(27-19(30)16-6-4-8-25-14-16)20(31)26-9-12-28-10-2-1-3-11-28;3-2(4,5)1(6)7/h4,6,8,14,17H,1-3,5,7,9-13,15H2,(H,26,31)(H,27,30);(H,6,7)/t17-;/m0./s1. The van der Waals surface area contributed by atoms with Crippen molar-refractivity contribution >= 4 is 35.3 Å². The molecule has 9 nitrogen and oxygen atoms in total. The van der Waals surface area contributed by atoms with E-state index in [-0.39, 0.29) is 18.1 Å². The minimum absolute atomic E-state index is 0.252. The first-order valence-corrected chi connectivity index (χ1v) is 13.2. The molecule has 0 unspecified atom stereocenters. The second kappa shape index (κ2) is 16.9. The first-order valence-electron chi connectivity index (χ1n) is 12.0. The van der Waals surface area contributed by atoms with Crippen molar-refractivity contribution in [3.63, 3.8) is 0 Å². The topological polar surface area (TPSA) is 133 Å². The summed E-state index contributed by atoms with van der Waals surface area (Å²) < 4.78 is 68.4. The molecule has 1 fully saturated rings. The van der Waals surface area contributed by atoms with Gasteiger partial charge in [-0.1, -0.05) is 0 Å². The lowest BCUT2D eigenvalue weighted by Crippen LogP contribution is -3.13. The molecule has 0 saturated carbocycles. The van der Waals surface area contributed by atoms with Crippen LogP contribution in [-0.4, -0.2) is 84.6 Å². The maximum Gasteiger partial charge on any atom is 0.450 e. The summed E-state index contributed by atoms with van der Waals surface area (Å²) in [6.07, 6.45) is -2.87. The number of likely N-dealkylation sites (tertiary alicyclic amines) is 1. The number of ketones is 1. The Hall–Kier alpha value is -2.88. The Morgan fingerprint density at radius 3 is 2.23 bits per heavy atom. The summed E-state index contributed by atoms with van der Waals surface area (Å²) in [5, 5.41) is 14.3. The van der Waals surface area contributed by atoms with Gasteiger partial charge < -0.3 is 25.4 Å². The number of aliphatic carboxylic acids is 1. The second-order valence-corrected chi connectivity index (χ2v) is 9.63. The number of halogens is 6. The molecule has 0 radical (unpaired) electrons. The van der Waals surface area contributed by atoms with E-state index < -0.39 is 41.8 Å². The van der Waals surface area contributed by atoms with Gasteiger partial charge in [0.2, 0.25) is 11.7 Å². The Labute approximate surface area is 225 Å². The Balaban J connectivity index is 0.000000956. The number of piperidine rings is 1. The van der Waals surface area contributed by atoms with Crippen molar-refractivity contribution in [2.24, 2.45) is 0 Å². The van der Waals surface area contributed by atoms with Gasteiger partial charge in [0.25, 0.3) is 5.91 Å². The van der Waals surface area contributed by atoms with E-state index in [2.05, 4.69) is 15.6 Å². The molecule has 1 saturated heterocycles. The molecule has 2 amide bonds. The van der Waals surface area contributed by atoms with Crippen LogP contribution in [0.15, 0.2) is 24.5 Å². The van der Waals surface area contributed by atoms with E-state index in [1.165, 1.54) is 36.6 Å². The number of Topliss-reactive ketones (excluding diaryl/α,β-unsaturated/α-hetero) is 1. The van der Waals surface area contributed by atoms with Crippen LogP contribution in [0.3, 0.4) is 0 Å². The lowest BCUT2D eigenvalue weighted by atomic mass is 10.1. The lowest BCUT2D eigenvalue weighted by Gasteiger charge is -2.24. The second-order valence-electron chi connectivity index (χ2n) is 8.52. The fourth-order valence-electron chi connectivity index (χ4n) is 3.43. The molecule has 2 rings (SSSR count). The number of hydrogen-bond acceptors (Lipinski definition) is 7. The molecule has 2 heterocycles. The molecule has 0 aliphatic carbocycles. The number of nitrogens with one attached hydrogen (secondary N) is 3. The lowest BCUT2D eigenvalue weighted by molar-refractivity contribution is -0.903. The van der Waals surface area contributed by atoms with Gasteiger partial charge in [-0.05, 0) is 50.0 Å². The van der Waals surface area contributed by atoms with Crippen molar-refractivity contribution in [3.8, 4) is 0 Å². The Bertz CT molecular complexity index is 928. The molecule has 1 aliphatic rings. The summed E-state index contributed by atoms with van der Waals surface area (Å²) in [5.74, 6) is -5.93. The third-order valence-corrected chi connectivity index (χ3v) is 6.49. The summed E-state index contributed by atoms with van der Waals surface area (Å²) in [6, 6.07) is 2.37. The molecule has 1 aliphatic heterocycles. The molecular formula is C23H30F6N4O5S. The number of carbonyl (C=O) groups excluding carboxylic acids is 4. The van der Waals surface area contributed by atoms with Crippen molar-refractivity contribution in [3.05, 3.63) is 30.1 Å². The zero-order chi connectivity index (χ0) is 29.5. The van der Waals surface area contributed by atoms with E-state index in [1.807, 2.05) is 0 Å². The zero-order valence-electron chi connectivity index (χ0n) is 20.8. The van der Waals surface area contributed by atoms with E-state index >= 15 is 0 Å². The highest BCUT2D eigenvalue weighted by Gasteiger charge is 2.37. The van der Waals surface area contributed by atoms with Gasteiger partial charge in [0.15, 0.2) is 0 Å². The van der Waals surface area contributed by atoms with Crippen LogP contribution in [-0.2, 0) is 14.4 Å². The molecule has 1 atom stereocenters. The normalized spacial score (nSPS) is 14.9. The van der Waals surface area contributed by atoms with Crippen molar-refractivity contribution in [2.45, 2.75) is 50.5 Å².